The Bertz CT molecular complexity index is 727. The highest BCUT2D eigenvalue weighted by Crippen LogP contribution is 2.24. The molecule has 3 rings (SSSR count). The van der Waals surface area contributed by atoms with Crippen molar-refractivity contribution in [1.82, 2.24) is 5.32 Å². The van der Waals surface area contributed by atoms with Gasteiger partial charge in [-0.05, 0) is 25.2 Å². The van der Waals surface area contributed by atoms with Gasteiger partial charge < -0.3 is 5.32 Å². The number of halogens is 1. The second kappa shape index (κ2) is 5.46. The number of anilines is 1. The van der Waals surface area contributed by atoms with Crippen molar-refractivity contribution in [3.8, 4) is 0 Å². The van der Waals surface area contributed by atoms with E-state index in [2.05, 4.69) is 15.6 Å². The van der Waals surface area contributed by atoms with Crippen molar-refractivity contribution >= 4 is 17.3 Å². The van der Waals surface area contributed by atoms with Gasteiger partial charge in [0.05, 0.1) is 11.4 Å². The van der Waals surface area contributed by atoms with Crippen LogP contribution in [0.3, 0.4) is 0 Å². The standard InChI is InChI=1S/C16H14FN3O/c1-18-15-16(21)19-13-9-5-3-7-11(13)14(20-15)10-6-2-4-8-12(10)17/h2-9,15,18H,1H3,(H,19,21). The SMILES string of the molecule is CNC1N=C(c2ccccc2F)c2ccccc2NC1=O. The Morgan fingerprint density at radius 3 is 2.48 bits per heavy atom. The molecule has 1 aliphatic heterocycles. The van der Waals surface area contributed by atoms with Gasteiger partial charge in [-0.25, -0.2) is 4.39 Å². The summed E-state index contributed by atoms with van der Waals surface area (Å²) in [5.74, 6) is -0.633. The van der Waals surface area contributed by atoms with Crippen LogP contribution in [-0.2, 0) is 4.79 Å². The summed E-state index contributed by atoms with van der Waals surface area (Å²) in [7, 11) is 1.64. The second-order valence-electron chi connectivity index (χ2n) is 4.68. The molecule has 0 radical (unpaired) electrons. The Balaban J connectivity index is 2.24. The number of hydrogen-bond donors (Lipinski definition) is 2. The van der Waals surface area contributed by atoms with Crippen LogP contribution in [0.4, 0.5) is 10.1 Å². The first kappa shape index (κ1) is 13.5. The van der Waals surface area contributed by atoms with E-state index >= 15 is 0 Å². The van der Waals surface area contributed by atoms with E-state index in [0.717, 1.165) is 0 Å². The lowest BCUT2D eigenvalue weighted by Gasteiger charge is -2.10. The lowest BCUT2D eigenvalue weighted by Crippen LogP contribution is -2.36. The number of carbonyl (C=O) groups excluding carboxylic acids is 1. The number of rotatable bonds is 2. The molecule has 0 aliphatic carbocycles. The first-order valence-corrected chi connectivity index (χ1v) is 6.61. The summed E-state index contributed by atoms with van der Waals surface area (Å²) in [6.45, 7) is 0. The second-order valence-corrected chi connectivity index (χ2v) is 4.68. The average Bonchev–Trinajstić information content (AvgIpc) is 2.64. The largest absolute Gasteiger partial charge is 0.322 e. The number of hydrogen-bond acceptors (Lipinski definition) is 3. The molecule has 0 bridgehead atoms. The van der Waals surface area contributed by atoms with Crippen molar-refractivity contribution in [2.24, 2.45) is 4.99 Å². The van der Waals surface area contributed by atoms with E-state index in [0.29, 0.717) is 22.5 Å². The van der Waals surface area contributed by atoms with Gasteiger partial charge in [-0.1, -0.05) is 30.3 Å². The molecule has 0 fully saturated rings. The Morgan fingerprint density at radius 2 is 1.76 bits per heavy atom. The fourth-order valence-electron chi connectivity index (χ4n) is 2.32. The molecule has 4 nitrogen and oxygen atoms in total. The normalized spacial score (nSPS) is 17.5. The summed E-state index contributed by atoms with van der Waals surface area (Å²) in [5, 5.41) is 5.63. The van der Waals surface area contributed by atoms with Crippen LogP contribution in [0, 0.1) is 5.82 Å². The number of fused-ring (bicyclic) bond motifs is 1. The minimum Gasteiger partial charge on any atom is -0.322 e. The zero-order valence-corrected chi connectivity index (χ0v) is 11.4. The van der Waals surface area contributed by atoms with Gasteiger partial charge in [-0.2, -0.15) is 0 Å². The molecule has 0 saturated heterocycles. The van der Waals surface area contributed by atoms with Crippen molar-refractivity contribution in [3.05, 3.63) is 65.5 Å². The highest BCUT2D eigenvalue weighted by Gasteiger charge is 2.25. The quantitative estimate of drug-likeness (QED) is 0.887. The number of nitrogens with zero attached hydrogens (tertiary/aromatic N) is 1. The van der Waals surface area contributed by atoms with E-state index in [-0.39, 0.29) is 11.7 Å². The smallest absolute Gasteiger partial charge is 0.263 e. The Hall–Kier alpha value is -2.53. The van der Waals surface area contributed by atoms with E-state index in [9.17, 15) is 9.18 Å². The average molecular weight is 283 g/mol. The number of benzodiazepines with no additional fused rings is 1. The molecule has 0 saturated carbocycles. The van der Waals surface area contributed by atoms with E-state index in [1.165, 1.54) is 6.07 Å². The summed E-state index contributed by atoms with van der Waals surface area (Å²) in [5.41, 5.74) is 2.17. The molecule has 1 aliphatic rings. The fourth-order valence-corrected chi connectivity index (χ4v) is 2.32. The third-order valence-electron chi connectivity index (χ3n) is 3.35. The van der Waals surface area contributed by atoms with Gasteiger partial charge in [-0.3, -0.25) is 15.1 Å². The van der Waals surface area contributed by atoms with Crippen LogP contribution in [0.1, 0.15) is 11.1 Å². The molecule has 1 amide bonds. The van der Waals surface area contributed by atoms with Gasteiger partial charge in [0, 0.05) is 11.1 Å². The van der Waals surface area contributed by atoms with Gasteiger partial charge in [-0.15, -0.1) is 0 Å². The predicted molar refractivity (Wildman–Crippen MR) is 80.0 cm³/mol. The van der Waals surface area contributed by atoms with E-state index in [4.69, 9.17) is 0 Å². The van der Waals surface area contributed by atoms with Crippen molar-refractivity contribution in [2.75, 3.05) is 12.4 Å². The van der Waals surface area contributed by atoms with E-state index in [1.807, 2.05) is 18.2 Å². The minimum absolute atomic E-state index is 0.267. The van der Waals surface area contributed by atoms with Crippen molar-refractivity contribution in [2.45, 2.75) is 6.17 Å². The lowest BCUT2D eigenvalue weighted by molar-refractivity contribution is -0.117. The van der Waals surface area contributed by atoms with Crippen molar-refractivity contribution in [3.63, 3.8) is 0 Å². The topological polar surface area (TPSA) is 53.5 Å². The number of aliphatic imine (C=N–C) groups is 1. The molecule has 2 aromatic rings. The van der Waals surface area contributed by atoms with Crippen LogP contribution >= 0.6 is 0 Å². The monoisotopic (exact) mass is 283 g/mol. The molecule has 2 N–H and O–H groups in total. The maximum absolute atomic E-state index is 14.1. The number of carbonyl (C=O) groups is 1. The fraction of sp³-hybridized carbons (Fsp3) is 0.125. The third-order valence-corrected chi connectivity index (χ3v) is 3.35. The first-order valence-electron chi connectivity index (χ1n) is 6.61. The zero-order chi connectivity index (χ0) is 14.8. The van der Waals surface area contributed by atoms with Crippen LogP contribution in [0.15, 0.2) is 53.5 Å². The molecule has 5 heteroatoms. The van der Waals surface area contributed by atoms with Gasteiger partial charge in [0.15, 0.2) is 6.17 Å². The Kier molecular flexibility index (Phi) is 3.50. The Morgan fingerprint density at radius 1 is 1.10 bits per heavy atom. The molecular formula is C16H14FN3O. The lowest BCUT2D eigenvalue weighted by atomic mass is 10.0. The first-order chi connectivity index (χ1) is 10.2. The maximum atomic E-state index is 14.1. The van der Waals surface area contributed by atoms with Crippen LogP contribution in [0.5, 0.6) is 0 Å². The highest BCUT2D eigenvalue weighted by molar-refractivity contribution is 6.19. The number of amides is 1. The van der Waals surface area contributed by atoms with Crippen LogP contribution < -0.4 is 10.6 Å². The summed E-state index contributed by atoms with van der Waals surface area (Å²) in [6, 6.07) is 13.7. The van der Waals surface area contributed by atoms with Crippen LogP contribution in [0.2, 0.25) is 0 Å². The van der Waals surface area contributed by atoms with Gasteiger partial charge in [0.25, 0.3) is 5.91 Å². The van der Waals surface area contributed by atoms with Gasteiger partial charge in [0.1, 0.15) is 5.82 Å². The number of nitrogens with one attached hydrogen (secondary N) is 2. The summed E-state index contributed by atoms with van der Waals surface area (Å²) < 4.78 is 14.1. The molecule has 1 atom stereocenters. The van der Waals surface area contributed by atoms with Gasteiger partial charge in [0.2, 0.25) is 0 Å². The third kappa shape index (κ3) is 2.43. The number of benzene rings is 2. The molecule has 21 heavy (non-hydrogen) atoms. The molecule has 0 aromatic heterocycles. The van der Waals surface area contributed by atoms with Gasteiger partial charge >= 0.3 is 0 Å². The molecule has 106 valence electrons. The van der Waals surface area contributed by atoms with Crippen LogP contribution in [0.25, 0.3) is 0 Å². The molecule has 1 heterocycles. The predicted octanol–water partition coefficient (Wildman–Crippen LogP) is 2.16. The van der Waals surface area contributed by atoms with Crippen molar-refractivity contribution < 1.29 is 9.18 Å². The minimum atomic E-state index is -0.757. The van der Waals surface area contributed by atoms with Crippen molar-refractivity contribution in [1.29, 1.82) is 0 Å². The zero-order valence-electron chi connectivity index (χ0n) is 11.4. The summed E-state index contributed by atoms with van der Waals surface area (Å²) in [6.07, 6.45) is -0.757. The highest BCUT2D eigenvalue weighted by atomic mass is 19.1. The molecular weight excluding hydrogens is 269 g/mol. The molecule has 1 unspecified atom stereocenters. The maximum Gasteiger partial charge on any atom is 0.263 e. The summed E-state index contributed by atoms with van der Waals surface area (Å²) >= 11 is 0. The van der Waals surface area contributed by atoms with E-state index < -0.39 is 6.17 Å². The number of para-hydroxylation sites is 1. The van der Waals surface area contributed by atoms with Crippen LogP contribution in [-0.4, -0.2) is 24.8 Å². The number of likely N-dealkylation sites (N-methyl/N-ethyl adjacent to an activating group) is 1. The Labute approximate surface area is 121 Å². The summed E-state index contributed by atoms with van der Waals surface area (Å²) in [4.78, 5) is 16.5. The van der Waals surface area contributed by atoms with E-state index in [1.54, 1.807) is 31.3 Å². The molecule has 2 aromatic carbocycles. The molecule has 0 spiro atoms.